The van der Waals surface area contributed by atoms with Gasteiger partial charge in [0.15, 0.2) is 6.10 Å². The van der Waals surface area contributed by atoms with Gasteiger partial charge in [-0.1, -0.05) is 0 Å². The molecule has 0 radical (unpaired) electrons. The molecule has 0 N–H and O–H groups in total. The van der Waals surface area contributed by atoms with E-state index in [0.717, 1.165) is 17.0 Å². The van der Waals surface area contributed by atoms with Gasteiger partial charge in [-0.05, 0) is 58.0 Å². The lowest BCUT2D eigenvalue weighted by atomic mass is 10.1. The zero-order chi connectivity index (χ0) is 19.3. The molecule has 0 aliphatic carbocycles. The molecule has 6 heteroatoms. The molecule has 1 atom stereocenters. The Hall–Kier alpha value is -2.89. The topological polar surface area (TPSA) is 70.4 Å². The summed E-state index contributed by atoms with van der Waals surface area (Å²) >= 11 is 0. The maximum Gasteiger partial charge on any atom is 0.331 e. The molecule has 2 rings (SSSR count). The van der Waals surface area contributed by atoms with Gasteiger partial charge >= 0.3 is 5.97 Å². The molecule has 1 heterocycles. The molecular weight excluding hydrogens is 332 g/mol. The number of rotatable bonds is 7. The average Bonchev–Trinajstić information content (AvgIpc) is 2.85. The van der Waals surface area contributed by atoms with Gasteiger partial charge < -0.3 is 9.47 Å². The van der Waals surface area contributed by atoms with Crippen molar-refractivity contribution in [3.63, 3.8) is 0 Å². The first-order valence-electron chi connectivity index (χ1n) is 8.49. The summed E-state index contributed by atoms with van der Waals surface area (Å²) in [6, 6.07) is 6.77. The fraction of sp³-hybridized carbons (Fsp3) is 0.350. The highest BCUT2D eigenvalue weighted by Gasteiger charge is 2.18. The maximum absolute atomic E-state index is 12.4. The van der Waals surface area contributed by atoms with Crippen LogP contribution in [-0.2, 0) is 16.6 Å². The second-order valence-corrected chi connectivity index (χ2v) is 5.94. The second kappa shape index (κ2) is 8.47. The molecule has 0 amide bonds. The van der Waals surface area contributed by atoms with E-state index in [9.17, 15) is 9.59 Å². The molecule has 0 spiro atoms. The highest BCUT2D eigenvalue weighted by molar-refractivity contribution is 6.01. The molecule has 0 fully saturated rings. The van der Waals surface area contributed by atoms with Crippen molar-refractivity contribution < 1.29 is 19.1 Å². The minimum absolute atomic E-state index is 0.261. The summed E-state index contributed by atoms with van der Waals surface area (Å²) in [6.45, 7) is 7.80. The van der Waals surface area contributed by atoms with Crippen molar-refractivity contribution in [1.82, 2.24) is 9.78 Å². The monoisotopic (exact) mass is 356 g/mol. The van der Waals surface area contributed by atoms with Gasteiger partial charge in [0.1, 0.15) is 5.75 Å². The van der Waals surface area contributed by atoms with E-state index in [0.29, 0.717) is 17.9 Å². The minimum Gasteiger partial charge on any atom is -0.494 e. The second-order valence-electron chi connectivity index (χ2n) is 5.94. The Kier molecular flexibility index (Phi) is 6.33. The lowest BCUT2D eigenvalue weighted by Gasteiger charge is -2.11. The average molecular weight is 356 g/mol. The number of ketones is 1. The van der Waals surface area contributed by atoms with Gasteiger partial charge in [-0.15, -0.1) is 0 Å². The van der Waals surface area contributed by atoms with Crippen molar-refractivity contribution in [3.05, 3.63) is 52.9 Å². The molecule has 0 saturated heterocycles. The first-order valence-corrected chi connectivity index (χ1v) is 8.49. The van der Waals surface area contributed by atoms with Crippen molar-refractivity contribution >= 4 is 17.8 Å². The Balaban J connectivity index is 1.99. The van der Waals surface area contributed by atoms with E-state index in [1.54, 1.807) is 41.9 Å². The number of esters is 1. The van der Waals surface area contributed by atoms with Crippen LogP contribution in [0.5, 0.6) is 5.75 Å². The number of aryl methyl sites for hydroxylation is 2. The first-order chi connectivity index (χ1) is 12.3. The lowest BCUT2D eigenvalue weighted by Crippen LogP contribution is -2.23. The fourth-order valence-corrected chi connectivity index (χ4v) is 2.57. The molecule has 1 aromatic heterocycles. The summed E-state index contributed by atoms with van der Waals surface area (Å²) in [5.74, 6) is -0.137. The molecule has 1 aromatic carbocycles. The quantitative estimate of drug-likeness (QED) is 0.433. The molecule has 0 saturated carbocycles. The molecule has 0 bridgehead atoms. The largest absolute Gasteiger partial charge is 0.494 e. The normalized spacial score (nSPS) is 12.2. The number of nitrogens with zero attached hydrogens (tertiary/aromatic N) is 2. The third-order valence-corrected chi connectivity index (χ3v) is 4.06. The van der Waals surface area contributed by atoms with Crippen LogP contribution in [0.1, 0.15) is 41.2 Å². The number of carbonyl (C=O) groups is 2. The van der Waals surface area contributed by atoms with Crippen LogP contribution >= 0.6 is 0 Å². The van der Waals surface area contributed by atoms with Crippen molar-refractivity contribution in [1.29, 1.82) is 0 Å². The number of benzene rings is 1. The molecule has 138 valence electrons. The summed E-state index contributed by atoms with van der Waals surface area (Å²) in [4.78, 5) is 24.4. The predicted octanol–water partition coefficient (Wildman–Crippen LogP) is 3.26. The van der Waals surface area contributed by atoms with Gasteiger partial charge in [-0.3, -0.25) is 9.48 Å². The van der Waals surface area contributed by atoms with Crippen LogP contribution in [0.3, 0.4) is 0 Å². The third-order valence-electron chi connectivity index (χ3n) is 4.06. The van der Waals surface area contributed by atoms with Crippen LogP contribution in [0, 0.1) is 13.8 Å². The van der Waals surface area contributed by atoms with E-state index in [-0.39, 0.29) is 5.78 Å². The van der Waals surface area contributed by atoms with E-state index in [2.05, 4.69) is 5.10 Å². The molecule has 0 aliphatic heterocycles. The van der Waals surface area contributed by atoms with Gasteiger partial charge in [0.05, 0.1) is 12.3 Å². The Morgan fingerprint density at radius 1 is 1.23 bits per heavy atom. The van der Waals surface area contributed by atoms with E-state index in [1.807, 2.05) is 27.8 Å². The Morgan fingerprint density at radius 3 is 2.42 bits per heavy atom. The molecule has 0 aliphatic rings. The van der Waals surface area contributed by atoms with Crippen LogP contribution in [0.25, 0.3) is 6.08 Å². The molecular formula is C20H24N2O4. The summed E-state index contributed by atoms with van der Waals surface area (Å²) in [5, 5.41) is 4.29. The summed E-state index contributed by atoms with van der Waals surface area (Å²) in [5.41, 5.74) is 3.12. The first kappa shape index (κ1) is 19.4. The zero-order valence-electron chi connectivity index (χ0n) is 15.8. The molecule has 0 unspecified atom stereocenters. The van der Waals surface area contributed by atoms with Crippen LogP contribution in [0.15, 0.2) is 30.3 Å². The smallest absolute Gasteiger partial charge is 0.331 e. The number of aromatic nitrogens is 2. The van der Waals surface area contributed by atoms with Crippen molar-refractivity contribution in [3.8, 4) is 5.75 Å². The predicted molar refractivity (Wildman–Crippen MR) is 99.2 cm³/mol. The fourth-order valence-electron chi connectivity index (χ4n) is 2.57. The van der Waals surface area contributed by atoms with Crippen LogP contribution < -0.4 is 4.74 Å². The van der Waals surface area contributed by atoms with Gasteiger partial charge in [0, 0.05) is 29.9 Å². The minimum atomic E-state index is -0.874. The third kappa shape index (κ3) is 4.59. The van der Waals surface area contributed by atoms with Crippen LogP contribution in [0.4, 0.5) is 0 Å². The highest BCUT2D eigenvalue weighted by Crippen LogP contribution is 2.16. The van der Waals surface area contributed by atoms with Gasteiger partial charge in [-0.25, -0.2) is 4.79 Å². The highest BCUT2D eigenvalue weighted by atomic mass is 16.5. The molecule has 2 aromatic rings. The maximum atomic E-state index is 12.4. The van der Waals surface area contributed by atoms with E-state index in [1.165, 1.54) is 6.08 Å². The van der Waals surface area contributed by atoms with Gasteiger partial charge in [-0.2, -0.15) is 5.10 Å². The SMILES string of the molecule is CCOc1ccc(C(=O)[C@@H](C)OC(=O)/C=C/c2c(C)nn(C)c2C)cc1. The van der Waals surface area contributed by atoms with Crippen molar-refractivity contribution in [2.24, 2.45) is 7.05 Å². The summed E-state index contributed by atoms with van der Waals surface area (Å²) < 4.78 is 12.3. The number of ether oxygens (including phenoxy) is 2. The van der Waals surface area contributed by atoms with Gasteiger partial charge in [0.2, 0.25) is 5.78 Å². The molecule has 6 nitrogen and oxygen atoms in total. The number of carbonyl (C=O) groups excluding carboxylic acids is 2. The van der Waals surface area contributed by atoms with E-state index >= 15 is 0 Å². The Labute approximate surface area is 153 Å². The number of hydrogen-bond donors (Lipinski definition) is 0. The van der Waals surface area contributed by atoms with Crippen molar-refractivity contribution in [2.45, 2.75) is 33.8 Å². The van der Waals surface area contributed by atoms with Crippen LogP contribution in [0.2, 0.25) is 0 Å². The standard InChI is InChI=1S/C20H24N2O4/c1-6-25-17-9-7-16(8-10-17)20(24)15(4)26-19(23)12-11-18-13(2)21-22(5)14(18)3/h7-12,15H,6H2,1-5H3/b12-11+/t15-/m1/s1. The summed E-state index contributed by atoms with van der Waals surface area (Å²) in [6.07, 6.45) is 2.11. The Bertz CT molecular complexity index is 819. The van der Waals surface area contributed by atoms with Crippen LogP contribution in [-0.4, -0.2) is 34.2 Å². The van der Waals surface area contributed by atoms with Gasteiger partial charge in [0.25, 0.3) is 0 Å². The van der Waals surface area contributed by atoms with Crippen molar-refractivity contribution in [2.75, 3.05) is 6.61 Å². The summed E-state index contributed by atoms with van der Waals surface area (Å²) in [7, 11) is 1.84. The zero-order valence-corrected chi connectivity index (χ0v) is 15.8. The van der Waals surface area contributed by atoms with E-state index < -0.39 is 12.1 Å². The number of hydrogen-bond acceptors (Lipinski definition) is 5. The lowest BCUT2D eigenvalue weighted by molar-refractivity contribution is -0.140. The Morgan fingerprint density at radius 2 is 1.88 bits per heavy atom. The molecule has 26 heavy (non-hydrogen) atoms. The van der Waals surface area contributed by atoms with E-state index in [4.69, 9.17) is 9.47 Å². The number of Topliss-reactive ketones (excluding diaryl/α,β-unsaturated/α-hetero) is 1.